The summed E-state index contributed by atoms with van der Waals surface area (Å²) in [5.74, 6) is 1.12. The summed E-state index contributed by atoms with van der Waals surface area (Å²) in [5, 5.41) is 13.0. The van der Waals surface area contributed by atoms with Crippen molar-refractivity contribution in [1.29, 1.82) is 0 Å². The Bertz CT molecular complexity index is 650. The quantitative estimate of drug-likeness (QED) is 0.758. The number of nitrogens with zero attached hydrogens (tertiary/aromatic N) is 3. The van der Waals surface area contributed by atoms with Crippen LogP contribution >= 0.6 is 11.6 Å². The van der Waals surface area contributed by atoms with Crippen molar-refractivity contribution < 1.29 is 5.11 Å². The molecule has 1 heterocycles. The summed E-state index contributed by atoms with van der Waals surface area (Å²) in [7, 11) is 0. The third-order valence-corrected chi connectivity index (χ3v) is 3.76. The van der Waals surface area contributed by atoms with Crippen LogP contribution < -0.4 is 16.0 Å². The smallest absolute Gasteiger partial charge is 0.159 e. The standard InChI is InChI=1S/C15H20ClN5O/c1-3-21(6-7-22)15-13(17)14(18-9-19-15)20-11-5-4-10(2)12(16)8-11/h4-5,8-9,22H,3,6-7,17H2,1-2H3,(H,18,19,20). The van der Waals surface area contributed by atoms with Gasteiger partial charge >= 0.3 is 0 Å². The Morgan fingerprint density at radius 3 is 2.77 bits per heavy atom. The molecule has 6 nitrogen and oxygen atoms in total. The number of hydrogen-bond donors (Lipinski definition) is 3. The average Bonchev–Trinajstić information content (AvgIpc) is 2.51. The molecule has 1 aromatic heterocycles. The van der Waals surface area contributed by atoms with Crippen molar-refractivity contribution in [3.63, 3.8) is 0 Å². The van der Waals surface area contributed by atoms with Crippen molar-refractivity contribution in [1.82, 2.24) is 9.97 Å². The first kappa shape index (κ1) is 16.3. The Hall–Kier alpha value is -2.05. The lowest BCUT2D eigenvalue weighted by Crippen LogP contribution is -2.28. The zero-order valence-electron chi connectivity index (χ0n) is 12.7. The van der Waals surface area contributed by atoms with Crippen LogP contribution in [0.5, 0.6) is 0 Å². The fourth-order valence-corrected chi connectivity index (χ4v) is 2.26. The number of benzene rings is 1. The van der Waals surface area contributed by atoms with E-state index in [1.165, 1.54) is 6.33 Å². The van der Waals surface area contributed by atoms with E-state index in [0.29, 0.717) is 35.4 Å². The van der Waals surface area contributed by atoms with Gasteiger partial charge in [0, 0.05) is 23.8 Å². The Kier molecular flexibility index (Phi) is 5.41. The lowest BCUT2D eigenvalue weighted by molar-refractivity contribution is 0.302. The lowest BCUT2D eigenvalue weighted by atomic mass is 10.2. The van der Waals surface area contributed by atoms with Gasteiger partial charge in [0.15, 0.2) is 11.6 Å². The second kappa shape index (κ2) is 7.29. The number of aromatic nitrogens is 2. The SMILES string of the molecule is CCN(CCO)c1ncnc(Nc2ccc(C)c(Cl)c2)c1N. The van der Waals surface area contributed by atoms with Crippen LogP contribution in [-0.2, 0) is 0 Å². The Morgan fingerprint density at radius 1 is 1.36 bits per heavy atom. The molecular formula is C15H20ClN5O. The van der Waals surface area contributed by atoms with E-state index in [-0.39, 0.29) is 6.61 Å². The second-order valence-electron chi connectivity index (χ2n) is 4.85. The van der Waals surface area contributed by atoms with Crippen molar-refractivity contribution in [2.75, 3.05) is 35.6 Å². The first-order chi connectivity index (χ1) is 10.6. The van der Waals surface area contributed by atoms with Gasteiger partial charge in [0.2, 0.25) is 0 Å². The summed E-state index contributed by atoms with van der Waals surface area (Å²) >= 11 is 6.13. The van der Waals surface area contributed by atoms with Gasteiger partial charge in [-0.3, -0.25) is 0 Å². The fourth-order valence-electron chi connectivity index (χ4n) is 2.08. The van der Waals surface area contributed by atoms with Gasteiger partial charge in [0.05, 0.1) is 6.61 Å². The second-order valence-corrected chi connectivity index (χ2v) is 5.26. The molecule has 0 amide bonds. The molecule has 7 heteroatoms. The van der Waals surface area contributed by atoms with Gasteiger partial charge in [-0.15, -0.1) is 0 Å². The van der Waals surface area contributed by atoms with Gasteiger partial charge in [-0.25, -0.2) is 9.97 Å². The van der Waals surface area contributed by atoms with E-state index >= 15 is 0 Å². The molecule has 2 rings (SSSR count). The number of likely N-dealkylation sites (N-methyl/N-ethyl adjacent to an activating group) is 1. The molecule has 0 atom stereocenters. The molecule has 0 aliphatic carbocycles. The van der Waals surface area contributed by atoms with E-state index in [1.54, 1.807) is 0 Å². The van der Waals surface area contributed by atoms with Gasteiger partial charge in [0.1, 0.15) is 12.0 Å². The van der Waals surface area contributed by atoms with Crippen molar-refractivity contribution in [3.05, 3.63) is 35.1 Å². The monoisotopic (exact) mass is 321 g/mol. The molecule has 0 bridgehead atoms. The van der Waals surface area contributed by atoms with Crippen LogP contribution in [0.4, 0.5) is 23.0 Å². The molecule has 0 unspecified atom stereocenters. The maximum absolute atomic E-state index is 9.12. The number of nitrogens with one attached hydrogen (secondary N) is 1. The van der Waals surface area contributed by atoms with E-state index in [4.69, 9.17) is 22.4 Å². The van der Waals surface area contributed by atoms with Crippen LogP contribution in [0.15, 0.2) is 24.5 Å². The molecule has 1 aromatic carbocycles. The van der Waals surface area contributed by atoms with Gasteiger partial charge in [-0.2, -0.15) is 0 Å². The van der Waals surface area contributed by atoms with Crippen molar-refractivity contribution >= 4 is 34.6 Å². The molecule has 22 heavy (non-hydrogen) atoms. The Labute approximate surface area is 134 Å². The number of aryl methyl sites for hydroxylation is 1. The highest BCUT2D eigenvalue weighted by Gasteiger charge is 2.14. The predicted molar refractivity (Wildman–Crippen MR) is 90.9 cm³/mol. The van der Waals surface area contributed by atoms with Gasteiger partial charge in [-0.1, -0.05) is 17.7 Å². The lowest BCUT2D eigenvalue weighted by Gasteiger charge is -2.23. The first-order valence-corrected chi connectivity index (χ1v) is 7.44. The highest BCUT2D eigenvalue weighted by atomic mass is 35.5. The number of hydrogen-bond acceptors (Lipinski definition) is 6. The van der Waals surface area contributed by atoms with Gasteiger partial charge in [-0.05, 0) is 31.5 Å². The van der Waals surface area contributed by atoms with Gasteiger partial charge < -0.3 is 21.1 Å². The number of halogens is 1. The summed E-state index contributed by atoms with van der Waals surface area (Å²) in [4.78, 5) is 10.3. The number of rotatable bonds is 6. The van der Waals surface area contributed by atoms with Crippen molar-refractivity contribution in [2.45, 2.75) is 13.8 Å². The van der Waals surface area contributed by atoms with Crippen molar-refractivity contribution in [3.8, 4) is 0 Å². The minimum absolute atomic E-state index is 0.0353. The topological polar surface area (TPSA) is 87.3 Å². The molecule has 0 aliphatic rings. The molecule has 0 radical (unpaired) electrons. The maximum Gasteiger partial charge on any atom is 0.159 e. The van der Waals surface area contributed by atoms with Crippen molar-refractivity contribution in [2.24, 2.45) is 0 Å². The van der Waals surface area contributed by atoms with Crippen LogP contribution in [0.1, 0.15) is 12.5 Å². The maximum atomic E-state index is 9.12. The Balaban J connectivity index is 2.30. The van der Waals surface area contributed by atoms with E-state index in [9.17, 15) is 0 Å². The summed E-state index contributed by atoms with van der Waals surface area (Å²) < 4.78 is 0. The number of aliphatic hydroxyl groups excluding tert-OH is 1. The summed E-state index contributed by atoms with van der Waals surface area (Å²) in [6, 6.07) is 5.66. The van der Waals surface area contributed by atoms with E-state index < -0.39 is 0 Å². The normalized spacial score (nSPS) is 10.5. The van der Waals surface area contributed by atoms with Crippen LogP contribution in [0, 0.1) is 6.92 Å². The zero-order valence-corrected chi connectivity index (χ0v) is 13.4. The molecule has 0 saturated heterocycles. The number of anilines is 4. The predicted octanol–water partition coefficient (Wildman–Crippen LogP) is 2.58. The molecule has 4 N–H and O–H groups in total. The highest BCUT2D eigenvalue weighted by molar-refractivity contribution is 6.31. The zero-order chi connectivity index (χ0) is 16.1. The van der Waals surface area contributed by atoms with Crippen LogP contribution in [0.25, 0.3) is 0 Å². The van der Waals surface area contributed by atoms with Gasteiger partial charge in [0.25, 0.3) is 0 Å². The number of nitrogen functional groups attached to an aromatic ring is 1. The molecule has 2 aromatic rings. The van der Waals surface area contributed by atoms with E-state index in [1.807, 2.05) is 36.9 Å². The molecule has 118 valence electrons. The Morgan fingerprint density at radius 2 is 2.14 bits per heavy atom. The number of aliphatic hydroxyl groups is 1. The van der Waals surface area contributed by atoms with E-state index in [2.05, 4.69) is 15.3 Å². The summed E-state index contributed by atoms with van der Waals surface area (Å²) in [6.07, 6.45) is 1.45. The first-order valence-electron chi connectivity index (χ1n) is 7.06. The largest absolute Gasteiger partial charge is 0.395 e. The molecule has 0 spiro atoms. The molecule has 0 saturated carbocycles. The average molecular weight is 322 g/mol. The minimum atomic E-state index is 0.0353. The molecule has 0 fully saturated rings. The highest BCUT2D eigenvalue weighted by Crippen LogP contribution is 2.29. The van der Waals surface area contributed by atoms with Crippen LogP contribution in [0.3, 0.4) is 0 Å². The summed E-state index contributed by atoms with van der Waals surface area (Å²) in [6.45, 7) is 5.11. The minimum Gasteiger partial charge on any atom is -0.395 e. The molecule has 0 aliphatic heterocycles. The summed E-state index contributed by atoms with van der Waals surface area (Å²) in [5.41, 5.74) is 8.41. The third kappa shape index (κ3) is 3.58. The fraction of sp³-hybridized carbons (Fsp3) is 0.333. The van der Waals surface area contributed by atoms with Crippen LogP contribution in [-0.4, -0.2) is 34.8 Å². The third-order valence-electron chi connectivity index (χ3n) is 3.35. The molecular weight excluding hydrogens is 302 g/mol. The number of nitrogens with two attached hydrogens (primary N) is 1. The van der Waals surface area contributed by atoms with Crippen LogP contribution in [0.2, 0.25) is 5.02 Å². The van der Waals surface area contributed by atoms with E-state index in [0.717, 1.165) is 11.3 Å².